The van der Waals surface area contributed by atoms with Gasteiger partial charge in [-0.1, -0.05) is 15.9 Å². The Bertz CT molecular complexity index is 535. The molecule has 108 valence electrons. The number of nitro groups is 1. The zero-order chi connectivity index (χ0) is 14.7. The fourth-order valence-corrected chi connectivity index (χ4v) is 2.30. The number of aliphatic carboxylic acids is 1. The van der Waals surface area contributed by atoms with Gasteiger partial charge >= 0.3 is 11.7 Å². The Hall–Kier alpha value is -1.67. The van der Waals surface area contributed by atoms with Gasteiger partial charge in [-0.15, -0.1) is 0 Å². The number of hydrogen-bond acceptors (Lipinski definition) is 5. The smallest absolute Gasteiger partial charge is 0.332 e. The molecule has 0 spiro atoms. The second-order valence-electron chi connectivity index (χ2n) is 4.34. The van der Waals surface area contributed by atoms with Crippen molar-refractivity contribution in [2.24, 2.45) is 0 Å². The van der Waals surface area contributed by atoms with Crippen molar-refractivity contribution in [2.75, 3.05) is 6.61 Å². The molecule has 1 saturated heterocycles. The molecule has 1 heterocycles. The third kappa shape index (κ3) is 3.45. The number of carboxylic acids is 1. The minimum atomic E-state index is -0.998. The van der Waals surface area contributed by atoms with Crippen LogP contribution in [0.5, 0.6) is 5.75 Å². The van der Waals surface area contributed by atoms with Crippen molar-refractivity contribution in [1.82, 2.24) is 0 Å². The van der Waals surface area contributed by atoms with Crippen molar-refractivity contribution in [3.63, 3.8) is 0 Å². The number of ether oxygens (including phenoxy) is 2. The number of hydrogen-bond donors (Lipinski definition) is 1. The molecular weight excluding hydrogens is 334 g/mol. The maximum absolute atomic E-state index is 10.9. The van der Waals surface area contributed by atoms with E-state index in [1.54, 1.807) is 6.07 Å². The van der Waals surface area contributed by atoms with Gasteiger partial charge in [0, 0.05) is 10.5 Å². The molecule has 1 aromatic carbocycles. The highest BCUT2D eigenvalue weighted by molar-refractivity contribution is 9.10. The minimum absolute atomic E-state index is 0.0895. The molecule has 0 aliphatic carbocycles. The number of benzene rings is 1. The molecule has 1 aliphatic rings. The van der Waals surface area contributed by atoms with Gasteiger partial charge in [0.05, 0.1) is 11.0 Å². The normalized spacial score (nSPS) is 21.6. The number of carbonyl (C=O) groups is 1. The Morgan fingerprint density at radius 3 is 2.90 bits per heavy atom. The molecule has 8 heteroatoms. The monoisotopic (exact) mass is 345 g/mol. The molecule has 0 aromatic heterocycles. The van der Waals surface area contributed by atoms with E-state index < -0.39 is 17.0 Å². The fraction of sp³-hybridized carbons (Fsp3) is 0.417. The SMILES string of the molecule is O=C(O)C1CCC(COc2ccc(Br)cc2[N+](=O)[O-])O1. The van der Waals surface area contributed by atoms with Crippen LogP contribution in [0.3, 0.4) is 0 Å². The van der Waals surface area contributed by atoms with Crippen molar-refractivity contribution < 1.29 is 24.3 Å². The summed E-state index contributed by atoms with van der Waals surface area (Å²) in [5.41, 5.74) is -0.146. The van der Waals surface area contributed by atoms with E-state index >= 15 is 0 Å². The van der Waals surface area contributed by atoms with Gasteiger partial charge in [0.25, 0.3) is 0 Å². The lowest BCUT2D eigenvalue weighted by atomic mass is 10.2. The van der Waals surface area contributed by atoms with Crippen LogP contribution in [0.25, 0.3) is 0 Å². The number of rotatable bonds is 5. The molecule has 0 amide bonds. The van der Waals surface area contributed by atoms with Crippen LogP contribution in [0, 0.1) is 10.1 Å². The summed E-state index contributed by atoms with van der Waals surface area (Å²) in [6.45, 7) is 0.0895. The van der Waals surface area contributed by atoms with Crippen LogP contribution in [0.2, 0.25) is 0 Å². The standard InChI is InChI=1S/C12H12BrNO6/c13-7-1-3-10(9(5-7)14(17)18)19-6-8-2-4-11(20-8)12(15)16/h1,3,5,8,11H,2,4,6H2,(H,15,16). The Labute approximate surface area is 122 Å². The van der Waals surface area contributed by atoms with E-state index in [2.05, 4.69) is 15.9 Å². The van der Waals surface area contributed by atoms with E-state index in [-0.39, 0.29) is 24.1 Å². The molecule has 20 heavy (non-hydrogen) atoms. The highest BCUT2D eigenvalue weighted by Gasteiger charge is 2.31. The number of halogens is 1. The summed E-state index contributed by atoms with van der Waals surface area (Å²) in [5.74, 6) is -0.859. The van der Waals surface area contributed by atoms with Gasteiger partial charge in [0.2, 0.25) is 0 Å². The molecule has 1 fully saturated rings. The first kappa shape index (κ1) is 14.7. The van der Waals surface area contributed by atoms with E-state index in [1.807, 2.05) is 0 Å². The zero-order valence-corrected chi connectivity index (χ0v) is 11.9. The van der Waals surface area contributed by atoms with Crippen LogP contribution >= 0.6 is 15.9 Å². The Morgan fingerprint density at radius 2 is 2.30 bits per heavy atom. The van der Waals surface area contributed by atoms with Crippen LogP contribution in [-0.2, 0) is 9.53 Å². The quantitative estimate of drug-likeness (QED) is 0.649. The molecule has 1 N–H and O–H groups in total. The van der Waals surface area contributed by atoms with Gasteiger partial charge in [-0.25, -0.2) is 4.79 Å². The molecule has 2 rings (SSSR count). The maximum atomic E-state index is 10.9. The third-order valence-corrected chi connectivity index (χ3v) is 3.42. The molecular formula is C12H12BrNO6. The zero-order valence-electron chi connectivity index (χ0n) is 10.3. The molecule has 1 aliphatic heterocycles. The largest absolute Gasteiger partial charge is 0.484 e. The maximum Gasteiger partial charge on any atom is 0.332 e. The van der Waals surface area contributed by atoms with Crippen LogP contribution in [-0.4, -0.2) is 34.8 Å². The second kappa shape index (κ2) is 6.19. The number of nitro benzene ring substituents is 1. The third-order valence-electron chi connectivity index (χ3n) is 2.93. The van der Waals surface area contributed by atoms with E-state index in [1.165, 1.54) is 12.1 Å². The Balaban J connectivity index is 1.98. The van der Waals surface area contributed by atoms with Gasteiger partial charge in [0.15, 0.2) is 11.9 Å². The lowest BCUT2D eigenvalue weighted by Gasteiger charge is -2.12. The summed E-state index contributed by atoms with van der Waals surface area (Å²) in [5, 5.41) is 19.7. The first-order valence-corrected chi connectivity index (χ1v) is 6.71. The molecule has 0 saturated carbocycles. The Kier molecular flexibility index (Phi) is 4.56. The van der Waals surface area contributed by atoms with Gasteiger partial charge in [-0.3, -0.25) is 10.1 Å². The van der Waals surface area contributed by atoms with E-state index in [9.17, 15) is 14.9 Å². The first-order valence-electron chi connectivity index (χ1n) is 5.92. The van der Waals surface area contributed by atoms with E-state index in [0.29, 0.717) is 17.3 Å². The molecule has 0 radical (unpaired) electrons. The average Bonchev–Trinajstić information content (AvgIpc) is 2.86. The predicted octanol–water partition coefficient (Wildman–Crippen LogP) is 2.37. The van der Waals surface area contributed by atoms with Gasteiger partial charge in [0.1, 0.15) is 6.61 Å². The van der Waals surface area contributed by atoms with Crippen molar-refractivity contribution in [1.29, 1.82) is 0 Å². The lowest BCUT2D eigenvalue weighted by molar-refractivity contribution is -0.386. The summed E-state index contributed by atoms with van der Waals surface area (Å²) in [6, 6.07) is 4.48. The van der Waals surface area contributed by atoms with Crippen molar-refractivity contribution in [2.45, 2.75) is 25.0 Å². The molecule has 2 unspecified atom stereocenters. The lowest BCUT2D eigenvalue weighted by Crippen LogP contribution is -2.23. The van der Waals surface area contributed by atoms with Crippen molar-refractivity contribution in [3.05, 3.63) is 32.8 Å². The van der Waals surface area contributed by atoms with Gasteiger partial charge in [-0.2, -0.15) is 0 Å². The fourth-order valence-electron chi connectivity index (χ4n) is 1.95. The first-order chi connectivity index (χ1) is 9.47. The van der Waals surface area contributed by atoms with Gasteiger partial charge in [-0.05, 0) is 25.0 Å². The molecule has 2 atom stereocenters. The highest BCUT2D eigenvalue weighted by Crippen LogP contribution is 2.31. The van der Waals surface area contributed by atoms with Crippen molar-refractivity contribution in [3.8, 4) is 5.75 Å². The van der Waals surface area contributed by atoms with Gasteiger partial charge < -0.3 is 14.6 Å². The second-order valence-corrected chi connectivity index (χ2v) is 5.26. The highest BCUT2D eigenvalue weighted by atomic mass is 79.9. The van der Waals surface area contributed by atoms with Crippen molar-refractivity contribution >= 4 is 27.6 Å². The summed E-state index contributed by atoms with van der Waals surface area (Å²) in [7, 11) is 0. The average molecular weight is 346 g/mol. The van der Waals surface area contributed by atoms with E-state index in [4.69, 9.17) is 14.6 Å². The number of carboxylic acid groups (broad SMARTS) is 1. The van der Waals surface area contributed by atoms with E-state index in [0.717, 1.165) is 0 Å². The molecule has 1 aromatic rings. The van der Waals surface area contributed by atoms with Crippen LogP contribution in [0.15, 0.2) is 22.7 Å². The summed E-state index contributed by atoms with van der Waals surface area (Å²) in [4.78, 5) is 21.1. The molecule has 7 nitrogen and oxygen atoms in total. The van der Waals surface area contributed by atoms with Crippen LogP contribution in [0.1, 0.15) is 12.8 Å². The minimum Gasteiger partial charge on any atom is -0.484 e. The number of nitrogens with zero attached hydrogens (tertiary/aromatic N) is 1. The predicted molar refractivity (Wildman–Crippen MR) is 71.8 cm³/mol. The summed E-state index contributed by atoms with van der Waals surface area (Å²) in [6.07, 6.45) is -0.199. The Morgan fingerprint density at radius 1 is 1.55 bits per heavy atom. The topological polar surface area (TPSA) is 98.9 Å². The molecule has 0 bridgehead atoms. The summed E-state index contributed by atoms with van der Waals surface area (Å²) >= 11 is 3.16. The summed E-state index contributed by atoms with van der Waals surface area (Å²) < 4.78 is 11.2. The van der Waals surface area contributed by atoms with Crippen LogP contribution in [0.4, 0.5) is 5.69 Å². The van der Waals surface area contributed by atoms with Crippen LogP contribution < -0.4 is 4.74 Å².